The van der Waals surface area contributed by atoms with Gasteiger partial charge in [0.15, 0.2) is 0 Å². The lowest BCUT2D eigenvalue weighted by Crippen LogP contribution is -2.30. The molecule has 0 aromatic carbocycles. The van der Waals surface area contributed by atoms with E-state index in [0.717, 1.165) is 18.9 Å². The molecule has 1 heterocycles. The third-order valence-electron chi connectivity index (χ3n) is 2.56. The zero-order valence-corrected chi connectivity index (χ0v) is 8.44. The van der Waals surface area contributed by atoms with Crippen LogP contribution < -0.4 is 10.6 Å². The van der Waals surface area contributed by atoms with Gasteiger partial charge in [-0.2, -0.15) is 0 Å². The highest BCUT2D eigenvalue weighted by molar-refractivity contribution is 5.72. The Kier molecular flexibility index (Phi) is 4.83. The molecule has 3 nitrogen and oxygen atoms in total. The molecular weight excluding hydrogens is 164 g/mol. The normalized spacial score (nSPS) is 22.7. The quantitative estimate of drug-likeness (QED) is 0.637. The molecule has 0 radical (unpaired) electrons. The second-order valence-corrected chi connectivity index (χ2v) is 3.84. The van der Waals surface area contributed by atoms with Gasteiger partial charge in [0.05, 0.1) is 0 Å². The van der Waals surface area contributed by atoms with Crippen molar-refractivity contribution in [1.29, 1.82) is 0 Å². The third kappa shape index (κ3) is 4.88. The molecule has 0 aliphatic carbocycles. The number of amides is 1. The molecule has 1 aliphatic heterocycles. The Bertz CT molecular complexity index is 153. The monoisotopic (exact) mass is 184 g/mol. The summed E-state index contributed by atoms with van der Waals surface area (Å²) >= 11 is 0. The second-order valence-electron chi connectivity index (χ2n) is 3.84. The molecule has 0 bridgehead atoms. The first kappa shape index (κ1) is 10.5. The van der Waals surface area contributed by atoms with Crippen LogP contribution in [0, 0.1) is 5.92 Å². The summed E-state index contributed by atoms with van der Waals surface area (Å²) in [6, 6.07) is 0. The molecule has 1 amide bonds. The standard InChI is InChI=1S/C10H20N2O/c1-9(13)12-7-3-5-10-4-2-6-11-8-10/h10-11H,2-8H2,1H3,(H,12,13). The summed E-state index contributed by atoms with van der Waals surface area (Å²) < 4.78 is 0. The average molecular weight is 184 g/mol. The van der Waals surface area contributed by atoms with Crippen LogP contribution in [0.1, 0.15) is 32.6 Å². The van der Waals surface area contributed by atoms with E-state index in [2.05, 4.69) is 10.6 Å². The summed E-state index contributed by atoms with van der Waals surface area (Å²) in [5.41, 5.74) is 0. The van der Waals surface area contributed by atoms with E-state index in [0.29, 0.717) is 0 Å². The van der Waals surface area contributed by atoms with Crippen molar-refractivity contribution in [2.75, 3.05) is 19.6 Å². The van der Waals surface area contributed by atoms with E-state index < -0.39 is 0 Å². The van der Waals surface area contributed by atoms with Gasteiger partial charge in [0.2, 0.25) is 5.91 Å². The van der Waals surface area contributed by atoms with Crippen LogP contribution in [0.3, 0.4) is 0 Å². The number of carbonyl (C=O) groups is 1. The number of hydrogen-bond acceptors (Lipinski definition) is 2. The Labute approximate surface area is 80.3 Å². The van der Waals surface area contributed by atoms with Crippen LogP contribution in [-0.2, 0) is 4.79 Å². The largest absolute Gasteiger partial charge is 0.356 e. The number of rotatable bonds is 4. The number of hydrogen-bond donors (Lipinski definition) is 2. The fraction of sp³-hybridized carbons (Fsp3) is 0.900. The molecule has 0 spiro atoms. The predicted molar refractivity (Wildman–Crippen MR) is 53.5 cm³/mol. The minimum absolute atomic E-state index is 0.0850. The first-order chi connectivity index (χ1) is 6.29. The van der Waals surface area contributed by atoms with Crippen LogP contribution in [0.25, 0.3) is 0 Å². The van der Waals surface area contributed by atoms with E-state index in [4.69, 9.17) is 0 Å². The van der Waals surface area contributed by atoms with Crippen LogP contribution in [0.2, 0.25) is 0 Å². The summed E-state index contributed by atoms with van der Waals surface area (Å²) in [6.45, 7) is 4.76. The molecule has 1 rings (SSSR count). The lowest BCUT2D eigenvalue weighted by atomic mass is 9.95. The van der Waals surface area contributed by atoms with Crippen molar-refractivity contribution in [2.45, 2.75) is 32.6 Å². The van der Waals surface area contributed by atoms with Gasteiger partial charge in [-0.25, -0.2) is 0 Å². The Balaban J connectivity index is 1.95. The lowest BCUT2D eigenvalue weighted by molar-refractivity contribution is -0.118. The maximum Gasteiger partial charge on any atom is 0.216 e. The smallest absolute Gasteiger partial charge is 0.216 e. The van der Waals surface area contributed by atoms with Crippen LogP contribution in [0.5, 0.6) is 0 Å². The zero-order valence-electron chi connectivity index (χ0n) is 8.44. The van der Waals surface area contributed by atoms with Crippen molar-refractivity contribution in [1.82, 2.24) is 10.6 Å². The number of nitrogens with one attached hydrogen (secondary N) is 2. The van der Waals surface area contributed by atoms with Crippen molar-refractivity contribution in [3.05, 3.63) is 0 Å². The van der Waals surface area contributed by atoms with Gasteiger partial charge >= 0.3 is 0 Å². The first-order valence-corrected chi connectivity index (χ1v) is 5.24. The number of piperidine rings is 1. The van der Waals surface area contributed by atoms with Crippen molar-refractivity contribution >= 4 is 5.91 Å². The van der Waals surface area contributed by atoms with Gasteiger partial charge in [-0.15, -0.1) is 0 Å². The van der Waals surface area contributed by atoms with Crippen LogP contribution in [0.15, 0.2) is 0 Å². The Morgan fingerprint density at radius 1 is 1.62 bits per heavy atom. The van der Waals surface area contributed by atoms with E-state index >= 15 is 0 Å². The van der Waals surface area contributed by atoms with E-state index in [9.17, 15) is 4.79 Å². The minimum atomic E-state index is 0.0850. The molecule has 1 saturated heterocycles. The van der Waals surface area contributed by atoms with Crippen LogP contribution in [0.4, 0.5) is 0 Å². The van der Waals surface area contributed by atoms with E-state index in [1.807, 2.05) is 0 Å². The lowest BCUT2D eigenvalue weighted by Gasteiger charge is -2.22. The molecule has 0 saturated carbocycles. The van der Waals surface area contributed by atoms with Crippen molar-refractivity contribution in [3.8, 4) is 0 Å². The Hall–Kier alpha value is -0.570. The van der Waals surface area contributed by atoms with Crippen LogP contribution >= 0.6 is 0 Å². The zero-order chi connectivity index (χ0) is 9.52. The highest BCUT2D eigenvalue weighted by Gasteiger charge is 2.11. The predicted octanol–water partition coefficient (Wildman–Crippen LogP) is 0.902. The molecule has 2 N–H and O–H groups in total. The molecular formula is C10H20N2O. The highest BCUT2D eigenvalue weighted by atomic mass is 16.1. The molecule has 1 unspecified atom stereocenters. The van der Waals surface area contributed by atoms with Gasteiger partial charge < -0.3 is 10.6 Å². The molecule has 1 aliphatic rings. The van der Waals surface area contributed by atoms with Gasteiger partial charge in [-0.3, -0.25) is 4.79 Å². The molecule has 0 aromatic rings. The Morgan fingerprint density at radius 2 is 2.46 bits per heavy atom. The first-order valence-electron chi connectivity index (χ1n) is 5.24. The molecule has 1 atom stereocenters. The summed E-state index contributed by atoms with van der Waals surface area (Å²) in [5.74, 6) is 0.921. The van der Waals surface area contributed by atoms with E-state index in [1.54, 1.807) is 6.92 Å². The summed E-state index contributed by atoms with van der Waals surface area (Å²) in [6.07, 6.45) is 5.02. The molecule has 0 aromatic heterocycles. The summed E-state index contributed by atoms with van der Waals surface area (Å²) in [7, 11) is 0. The fourth-order valence-corrected chi connectivity index (χ4v) is 1.83. The second kappa shape index (κ2) is 5.97. The fourth-order valence-electron chi connectivity index (χ4n) is 1.83. The maximum absolute atomic E-state index is 10.6. The summed E-state index contributed by atoms with van der Waals surface area (Å²) in [4.78, 5) is 10.6. The molecule has 76 valence electrons. The molecule has 13 heavy (non-hydrogen) atoms. The summed E-state index contributed by atoms with van der Waals surface area (Å²) in [5, 5.41) is 6.22. The molecule has 3 heteroatoms. The van der Waals surface area contributed by atoms with Gasteiger partial charge in [-0.1, -0.05) is 0 Å². The highest BCUT2D eigenvalue weighted by Crippen LogP contribution is 2.14. The topological polar surface area (TPSA) is 41.1 Å². The Morgan fingerprint density at radius 3 is 3.08 bits per heavy atom. The third-order valence-corrected chi connectivity index (χ3v) is 2.56. The number of carbonyl (C=O) groups excluding carboxylic acids is 1. The van der Waals surface area contributed by atoms with Gasteiger partial charge in [0, 0.05) is 13.5 Å². The van der Waals surface area contributed by atoms with Crippen molar-refractivity contribution < 1.29 is 4.79 Å². The van der Waals surface area contributed by atoms with Crippen molar-refractivity contribution in [3.63, 3.8) is 0 Å². The maximum atomic E-state index is 10.6. The average Bonchev–Trinajstić information content (AvgIpc) is 2.14. The van der Waals surface area contributed by atoms with E-state index in [-0.39, 0.29) is 5.91 Å². The minimum Gasteiger partial charge on any atom is -0.356 e. The van der Waals surface area contributed by atoms with Crippen LogP contribution in [-0.4, -0.2) is 25.5 Å². The van der Waals surface area contributed by atoms with Gasteiger partial charge in [0.25, 0.3) is 0 Å². The van der Waals surface area contributed by atoms with Gasteiger partial charge in [-0.05, 0) is 44.7 Å². The van der Waals surface area contributed by atoms with Gasteiger partial charge in [0.1, 0.15) is 0 Å². The SMILES string of the molecule is CC(=O)NCCCC1CCCNC1. The molecule has 1 fully saturated rings. The van der Waals surface area contributed by atoms with E-state index in [1.165, 1.54) is 32.4 Å². The van der Waals surface area contributed by atoms with Crippen molar-refractivity contribution in [2.24, 2.45) is 5.92 Å².